The van der Waals surface area contributed by atoms with Gasteiger partial charge in [0.2, 0.25) is 5.75 Å². The van der Waals surface area contributed by atoms with Crippen LogP contribution in [0.3, 0.4) is 0 Å². The highest BCUT2D eigenvalue weighted by atomic mass is 16.5. The van der Waals surface area contributed by atoms with Gasteiger partial charge in [0.15, 0.2) is 11.5 Å². The summed E-state index contributed by atoms with van der Waals surface area (Å²) in [6.45, 7) is 0.646. The van der Waals surface area contributed by atoms with E-state index in [1.54, 1.807) is 21.3 Å². The fraction of sp³-hybridized carbons (Fsp3) is 0.174. The lowest BCUT2D eigenvalue weighted by Gasteiger charge is -2.15. The molecule has 0 spiro atoms. The molecule has 0 radical (unpaired) electrons. The molecule has 2 N–H and O–H groups in total. The molecule has 0 bridgehead atoms. The summed E-state index contributed by atoms with van der Waals surface area (Å²) in [4.78, 5) is 8.06. The van der Waals surface area contributed by atoms with Gasteiger partial charge in [0.1, 0.15) is 5.82 Å². The van der Waals surface area contributed by atoms with Crippen LogP contribution in [0.4, 0.5) is 5.69 Å². The zero-order valence-electron chi connectivity index (χ0n) is 16.7. The third-order valence-corrected chi connectivity index (χ3v) is 4.75. The Kier molecular flexibility index (Phi) is 5.24. The number of imidazole rings is 1. The summed E-state index contributed by atoms with van der Waals surface area (Å²) in [5.41, 5.74) is 5.06. The van der Waals surface area contributed by atoms with Gasteiger partial charge in [0.25, 0.3) is 0 Å². The normalized spacial score (nSPS) is 10.7. The second-order valence-corrected chi connectivity index (χ2v) is 6.57. The Bertz CT molecular complexity index is 1080. The SMILES string of the molecule is COc1cc(NCc2cccc(-c3nc4ccccc4[nH]3)c2)cc(OC)c1OC. The van der Waals surface area contributed by atoms with Crippen molar-refractivity contribution in [2.45, 2.75) is 6.54 Å². The van der Waals surface area contributed by atoms with Crippen LogP contribution >= 0.6 is 0 Å². The molecule has 0 saturated heterocycles. The van der Waals surface area contributed by atoms with Crippen LogP contribution in [0.25, 0.3) is 22.4 Å². The Balaban J connectivity index is 1.56. The molecule has 1 aromatic heterocycles. The fourth-order valence-corrected chi connectivity index (χ4v) is 3.31. The van der Waals surface area contributed by atoms with Crippen molar-refractivity contribution in [3.05, 3.63) is 66.2 Å². The average Bonchev–Trinajstić information content (AvgIpc) is 3.21. The minimum Gasteiger partial charge on any atom is -0.493 e. The van der Waals surface area contributed by atoms with E-state index in [-0.39, 0.29) is 0 Å². The molecule has 148 valence electrons. The molecule has 0 aliphatic rings. The number of fused-ring (bicyclic) bond motifs is 1. The van der Waals surface area contributed by atoms with Crippen LogP contribution in [-0.2, 0) is 6.54 Å². The number of aromatic nitrogens is 2. The van der Waals surface area contributed by atoms with Crippen LogP contribution in [0.1, 0.15) is 5.56 Å². The Hall–Kier alpha value is -3.67. The van der Waals surface area contributed by atoms with Crippen LogP contribution < -0.4 is 19.5 Å². The van der Waals surface area contributed by atoms with Crippen molar-refractivity contribution in [3.63, 3.8) is 0 Å². The van der Waals surface area contributed by atoms with Crippen LogP contribution in [0.5, 0.6) is 17.2 Å². The van der Waals surface area contributed by atoms with Gasteiger partial charge in [-0.25, -0.2) is 4.98 Å². The quantitative estimate of drug-likeness (QED) is 0.472. The van der Waals surface area contributed by atoms with E-state index in [0.29, 0.717) is 23.8 Å². The molecular formula is C23H23N3O3. The molecule has 6 nitrogen and oxygen atoms in total. The number of anilines is 1. The lowest BCUT2D eigenvalue weighted by Crippen LogP contribution is -2.02. The number of ether oxygens (including phenoxy) is 3. The summed E-state index contributed by atoms with van der Waals surface area (Å²) in [5, 5.41) is 3.42. The number of H-pyrrole nitrogens is 1. The maximum Gasteiger partial charge on any atom is 0.203 e. The predicted octanol–water partition coefficient (Wildman–Crippen LogP) is 4.87. The minimum atomic E-state index is 0.576. The molecule has 4 rings (SSSR count). The van der Waals surface area contributed by atoms with Gasteiger partial charge in [0.05, 0.1) is 32.4 Å². The van der Waals surface area contributed by atoms with Gasteiger partial charge in [-0.2, -0.15) is 0 Å². The van der Waals surface area contributed by atoms with Crippen molar-refractivity contribution in [3.8, 4) is 28.6 Å². The van der Waals surface area contributed by atoms with Gasteiger partial charge in [0, 0.05) is 29.9 Å². The molecule has 0 atom stereocenters. The standard InChI is InChI=1S/C23H23N3O3/c1-27-20-12-17(13-21(28-2)22(20)29-3)24-14-15-7-6-8-16(11-15)23-25-18-9-4-5-10-19(18)26-23/h4-13,24H,14H2,1-3H3,(H,25,26). The number of aromatic amines is 1. The predicted molar refractivity (Wildman–Crippen MR) is 115 cm³/mol. The Labute approximate surface area is 169 Å². The molecule has 0 aliphatic carbocycles. The number of methoxy groups -OCH3 is 3. The number of para-hydroxylation sites is 2. The second-order valence-electron chi connectivity index (χ2n) is 6.57. The van der Waals surface area contributed by atoms with Gasteiger partial charge in [-0.1, -0.05) is 30.3 Å². The Morgan fingerprint density at radius 2 is 1.62 bits per heavy atom. The molecule has 0 unspecified atom stereocenters. The number of hydrogen-bond donors (Lipinski definition) is 2. The molecule has 1 heterocycles. The zero-order valence-corrected chi connectivity index (χ0v) is 16.7. The molecule has 0 aliphatic heterocycles. The molecule has 0 amide bonds. The summed E-state index contributed by atoms with van der Waals surface area (Å²) >= 11 is 0. The summed E-state index contributed by atoms with van der Waals surface area (Å²) in [5.74, 6) is 2.67. The van der Waals surface area contributed by atoms with Crippen LogP contribution in [0.2, 0.25) is 0 Å². The summed E-state index contributed by atoms with van der Waals surface area (Å²) in [6, 6.07) is 20.1. The van der Waals surface area contributed by atoms with Gasteiger partial charge < -0.3 is 24.5 Å². The topological polar surface area (TPSA) is 68.4 Å². The van der Waals surface area contributed by atoms with E-state index in [2.05, 4.69) is 33.5 Å². The van der Waals surface area contributed by atoms with E-state index < -0.39 is 0 Å². The van der Waals surface area contributed by atoms with Crippen LogP contribution in [0.15, 0.2) is 60.7 Å². The van der Waals surface area contributed by atoms with E-state index in [1.807, 2.05) is 42.5 Å². The first-order chi connectivity index (χ1) is 14.2. The van der Waals surface area contributed by atoms with Crippen molar-refractivity contribution >= 4 is 16.7 Å². The van der Waals surface area contributed by atoms with Crippen molar-refractivity contribution in [2.75, 3.05) is 26.6 Å². The lowest BCUT2D eigenvalue weighted by atomic mass is 10.1. The van der Waals surface area contributed by atoms with E-state index >= 15 is 0 Å². The molecular weight excluding hydrogens is 366 g/mol. The first kappa shape index (κ1) is 18.7. The van der Waals surface area contributed by atoms with E-state index in [0.717, 1.165) is 33.7 Å². The highest BCUT2D eigenvalue weighted by molar-refractivity contribution is 5.79. The molecule has 6 heteroatoms. The van der Waals surface area contributed by atoms with Crippen molar-refractivity contribution in [1.29, 1.82) is 0 Å². The smallest absolute Gasteiger partial charge is 0.203 e. The molecule has 3 aromatic carbocycles. The Morgan fingerprint density at radius 3 is 2.31 bits per heavy atom. The number of hydrogen-bond acceptors (Lipinski definition) is 5. The number of nitrogens with one attached hydrogen (secondary N) is 2. The average molecular weight is 389 g/mol. The minimum absolute atomic E-state index is 0.576. The van der Waals surface area contributed by atoms with Crippen LogP contribution in [-0.4, -0.2) is 31.3 Å². The highest BCUT2D eigenvalue weighted by Crippen LogP contribution is 2.40. The second kappa shape index (κ2) is 8.14. The maximum absolute atomic E-state index is 5.42. The fourth-order valence-electron chi connectivity index (χ4n) is 3.31. The monoisotopic (exact) mass is 389 g/mol. The molecule has 4 aromatic rings. The molecule has 0 fully saturated rings. The van der Waals surface area contributed by atoms with Crippen molar-refractivity contribution in [2.24, 2.45) is 0 Å². The van der Waals surface area contributed by atoms with E-state index in [9.17, 15) is 0 Å². The highest BCUT2D eigenvalue weighted by Gasteiger charge is 2.13. The van der Waals surface area contributed by atoms with Crippen molar-refractivity contribution in [1.82, 2.24) is 9.97 Å². The number of benzene rings is 3. The third kappa shape index (κ3) is 3.82. The first-order valence-corrected chi connectivity index (χ1v) is 9.29. The Morgan fingerprint density at radius 1 is 0.862 bits per heavy atom. The van der Waals surface area contributed by atoms with E-state index in [4.69, 9.17) is 14.2 Å². The molecule has 29 heavy (non-hydrogen) atoms. The summed E-state index contributed by atoms with van der Waals surface area (Å²) < 4.78 is 16.2. The summed E-state index contributed by atoms with van der Waals surface area (Å²) in [6.07, 6.45) is 0. The van der Waals surface area contributed by atoms with Gasteiger partial charge >= 0.3 is 0 Å². The number of nitrogens with zero attached hydrogens (tertiary/aromatic N) is 1. The lowest BCUT2D eigenvalue weighted by molar-refractivity contribution is 0.324. The first-order valence-electron chi connectivity index (χ1n) is 9.29. The largest absolute Gasteiger partial charge is 0.493 e. The van der Waals surface area contributed by atoms with Crippen LogP contribution in [0, 0.1) is 0 Å². The third-order valence-electron chi connectivity index (χ3n) is 4.75. The maximum atomic E-state index is 5.42. The molecule has 0 saturated carbocycles. The zero-order chi connectivity index (χ0) is 20.2. The van der Waals surface area contributed by atoms with Gasteiger partial charge in [-0.3, -0.25) is 0 Å². The van der Waals surface area contributed by atoms with E-state index in [1.165, 1.54) is 0 Å². The van der Waals surface area contributed by atoms with Gasteiger partial charge in [-0.05, 0) is 23.8 Å². The van der Waals surface area contributed by atoms with Gasteiger partial charge in [-0.15, -0.1) is 0 Å². The number of rotatable bonds is 7. The summed E-state index contributed by atoms with van der Waals surface area (Å²) in [7, 11) is 4.81. The van der Waals surface area contributed by atoms with Crippen molar-refractivity contribution < 1.29 is 14.2 Å².